The van der Waals surface area contributed by atoms with E-state index in [1.54, 1.807) is 0 Å². The van der Waals surface area contributed by atoms with Gasteiger partial charge in [-0.25, -0.2) is 14.3 Å². The van der Waals surface area contributed by atoms with Crippen LogP contribution in [-0.2, 0) is 0 Å². The lowest BCUT2D eigenvalue weighted by Crippen LogP contribution is -2.08. The van der Waals surface area contributed by atoms with Crippen molar-refractivity contribution in [3.05, 3.63) is 58.1 Å². The van der Waals surface area contributed by atoms with E-state index in [1.807, 2.05) is 18.3 Å². The van der Waals surface area contributed by atoms with Crippen molar-refractivity contribution < 1.29 is 0 Å². The van der Waals surface area contributed by atoms with Crippen LogP contribution in [0.1, 0.15) is 11.1 Å². The van der Waals surface area contributed by atoms with Gasteiger partial charge in [0.05, 0.1) is 0 Å². The van der Waals surface area contributed by atoms with Crippen LogP contribution >= 0.6 is 0 Å². The summed E-state index contributed by atoms with van der Waals surface area (Å²) in [5.41, 5.74) is 4.98. The number of aromatic nitrogens is 3. The van der Waals surface area contributed by atoms with Crippen LogP contribution < -0.4 is 5.69 Å². The van der Waals surface area contributed by atoms with E-state index in [2.05, 4.69) is 42.2 Å². The molecule has 0 aliphatic rings. The number of hydrogen-bond acceptors (Lipinski definition) is 2. The van der Waals surface area contributed by atoms with Crippen LogP contribution in [0.25, 0.3) is 16.8 Å². The number of benzene rings is 1. The van der Waals surface area contributed by atoms with Crippen LogP contribution in [0.5, 0.6) is 0 Å². The average molecular weight is 239 g/mol. The zero-order valence-electron chi connectivity index (χ0n) is 10.3. The van der Waals surface area contributed by atoms with Crippen LogP contribution in [0.3, 0.4) is 0 Å². The number of H-pyrrole nitrogens is 1. The molecule has 90 valence electrons. The van der Waals surface area contributed by atoms with Gasteiger partial charge in [-0.1, -0.05) is 23.8 Å². The highest BCUT2D eigenvalue weighted by molar-refractivity contribution is 5.68. The molecule has 0 aliphatic carbocycles. The van der Waals surface area contributed by atoms with Crippen molar-refractivity contribution in [1.82, 2.24) is 14.6 Å². The zero-order valence-corrected chi connectivity index (χ0v) is 10.3. The Balaban J connectivity index is 2.28. The fourth-order valence-electron chi connectivity index (χ4n) is 2.11. The van der Waals surface area contributed by atoms with Crippen molar-refractivity contribution in [2.24, 2.45) is 0 Å². The molecule has 1 N–H and O–H groups in total. The summed E-state index contributed by atoms with van der Waals surface area (Å²) in [6.07, 6.45) is 1.82. The van der Waals surface area contributed by atoms with E-state index in [9.17, 15) is 4.79 Å². The molecule has 4 heteroatoms. The molecular weight excluding hydrogens is 226 g/mol. The number of rotatable bonds is 1. The Morgan fingerprint density at radius 3 is 2.83 bits per heavy atom. The lowest BCUT2D eigenvalue weighted by atomic mass is 10.00. The van der Waals surface area contributed by atoms with Crippen molar-refractivity contribution in [3.8, 4) is 11.1 Å². The minimum Gasteiger partial charge on any atom is -0.250 e. The summed E-state index contributed by atoms with van der Waals surface area (Å²) < 4.78 is 1.52. The molecule has 3 aromatic rings. The molecule has 0 atom stereocenters. The normalized spacial score (nSPS) is 11.0. The molecule has 2 aromatic heterocycles. The molecule has 18 heavy (non-hydrogen) atoms. The van der Waals surface area contributed by atoms with Gasteiger partial charge in [-0.15, -0.1) is 0 Å². The lowest BCUT2D eigenvalue weighted by molar-refractivity contribution is 1.02. The molecule has 0 saturated carbocycles. The molecule has 0 radical (unpaired) electrons. The predicted molar refractivity (Wildman–Crippen MR) is 70.7 cm³/mol. The highest BCUT2D eigenvalue weighted by Gasteiger charge is 2.05. The number of pyridine rings is 1. The van der Waals surface area contributed by atoms with Crippen LogP contribution in [0.2, 0.25) is 0 Å². The monoisotopic (exact) mass is 239 g/mol. The van der Waals surface area contributed by atoms with Gasteiger partial charge in [0.25, 0.3) is 0 Å². The fraction of sp³-hybridized carbons (Fsp3) is 0.143. The van der Waals surface area contributed by atoms with Crippen LogP contribution in [0.15, 0.2) is 41.3 Å². The van der Waals surface area contributed by atoms with Crippen molar-refractivity contribution in [3.63, 3.8) is 0 Å². The number of nitrogens with one attached hydrogen (secondary N) is 1. The van der Waals surface area contributed by atoms with Crippen molar-refractivity contribution in [1.29, 1.82) is 0 Å². The number of nitrogens with zero attached hydrogens (tertiary/aromatic N) is 2. The van der Waals surface area contributed by atoms with Gasteiger partial charge in [0, 0.05) is 6.20 Å². The first-order valence-corrected chi connectivity index (χ1v) is 5.79. The third-order valence-electron chi connectivity index (χ3n) is 3.12. The standard InChI is InChI=1S/C14H13N3O/c1-9-3-4-10(2)12(7-9)11-5-6-13-15-16-14(18)17(13)8-11/h3-8H,1-2H3,(H,16,18). The second-order valence-electron chi connectivity index (χ2n) is 4.49. The van der Waals surface area contributed by atoms with Crippen LogP contribution in [0, 0.1) is 13.8 Å². The highest BCUT2D eigenvalue weighted by atomic mass is 16.1. The van der Waals surface area contributed by atoms with Gasteiger partial charge in [-0.3, -0.25) is 0 Å². The Labute approximate surface area is 104 Å². The van der Waals surface area contributed by atoms with Crippen molar-refractivity contribution >= 4 is 5.65 Å². The van der Waals surface area contributed by atoms with E-state index >= 15 is 0 Å². The molecule has 1 aromatic carbocycles. The summed E-state index contributed by atoms with van der Waals surface area (Å²) in [7, 11) is 0. The van der Waals surface area contributed by atoms with E-state index in [0.717, 1.165) is 11.1 Å². The summed E-state index contributed by atoms with van der Waals surface area (Å²) in [4.78, 5) is 11.6. The van der Waals surface area contributed by atoms with E-state index < -0.39 is 0 Å². The fourth-order valence-corrected chi connectivity index (χ4v) is 2.11. The molecular formula is C14H13N3O. The topological polar surface area (TPSA) is 50.2 Å². The summed E-state index contributed by atoms with van der Waals surface area (Å²) in [5.74, 6) is 0. The second kappa shape index (κ2) is 3.84. The summed E-state index contributed by atoms with van der Waals surface area (Å²) in [6, 6.07) is 10.1. The van der Waals surface area contributed by atoms with E-state index in [0.29, 0.717) is 5.65 Å². The smallest absolute Gasteiger partial charge is 0.250 e. The van der Waals surface area contributed by atoms with Crippen LogP contribution in [-0.4, -0.2) is 14.6 Å². The second-order valence-corrected chi connectivity index (χ2v) is 4.49. The largest absolute Gasteiger partial charge is 0.347 e. The highest BCUT2D eigenvalue weighted by Crippen LogP contribution is 2.24. The Morgan fingerprint density at radius 2 is 2.00 bits per heavy atom. The molecule has 0 amide bonds. The lowest BCUT2D eigenvalue weighted by Gasteiger charge is -2.07. The minimum absolute atomic E-state index is 0.211. The Hall–Kier alpha value is -2.36. The van der Waals surface area contributed by atoms with Crippen molar-refractivity contribution in [2.75, 3.05) is 0 Å². The van der Waals surface area contributed by atoms with Gasteiger partial charge in [0.1, 0.15) is 0 Å². The van der Waals surface area contributed by atoms with E-state index in [1.165, 1.54) is 15.5 Å². The number of aromatic amines is 1. The number of fused-ring (bicyclic) bond motifs is 1. The van der Waals surface area contributed by atoms with Gasteiger partial charge >= 0.3 is 5.69 Å². The van der Waals surface area contributed by atoms with Gasteiger partial charge in [0.15, 0.2) is 5.65 Å². The molecule has 2 heterocycles. The van der Waals surface area contributed by atoms with E-state index in [4.69, 9.17) is 0 Å². The Bertz CT molecular complexity index is 783. The molecule has 0 aliphatic heterocycles. The average Bonchev–Trinajstić information content (AvgIpc) is 2.74. The minimum atomic E-state index is -0.211. The predicted octanol–water partition coefficient (Wildman–Crippen LogP) is 2.31. The van der Waals surface area contributed by atoms with Gasteiger partial charge in [0.2, 0.25) is 0 Å². The number of hydrogen-bond donors (Lipinski definition) is 1. The van der Waals surface area contributed by atoms with Gasteiger partial charge < -0.3 is 0 Å². The molecule has 3 rings (SSSR count). The molecule has 4 nitrogen and oxygen atoms in total. The third kappa shape index (κ3) is 1.62. The summed E-state index contributed by atoms with van der Waals surface area (Å²) in [6.45, 7) is 4.13. The summed E-state index contributed by atoms with van der Waals surface area (Å²) >= 11 is 0. The summed E-state index contributed by atoms with van der Waals surface area (Å²) in [5, 5.41) is 6.36. The molecule has 0 unspecified atom stereocenters. The first-order chi connectivity index (χ1) is 8.65. The molecule has 0 fully saturated rings. The third-order valence-corrected chi connectivity index (χ3v) is 3.12. The molecule has 0 saturated heterocycles. The zero-order chi connectivity index (χ0) is 12.7. The maximum atomic E-state index is 11.6. The Kier molecular flexibility index (Phi) is 2.30. The first-order valence-electron chi connectivity index (χ1n) is 5.79. The SMILES string of the molecule is Cc1ccc(C)c(-c2ccc3n[nH]c(=O)n3c2)c1. The van der Waals surface area contributed by atoms with Crippen LogP contribution in [0.4, 0.5) is 0 Å². The quantitative estimate of drug-likeness (QED) is 0.708. The first kappa shape index (κ1) is 10.8. The van der Waals surface area contributed by atoms with Gasteiger partial charge in [-0.2, -0.15) is 5.10 Å². The van der Waals surface area contributed by atoms with E-state index in [-0.39, 0.29) is 5.69 Å². The molecule has 0 spiro atoms. The molecule has 0 bridgehead atoms. The maximum Gasteiger partial charge on any atom is 0.347 e. The number of aryl methyl sites for hydroxylation is 2. The van der Waals surface area contributed by atoms with Gasteiger partial charge in [-0.05, 0) is 42.7 Å². The maximum absolute atomic E-state index is 11.6. The Morgan fingerprint density at radius 1 is 1.17 bits per heavy atom. The van der Waals surface area contributed by atoms with Crippen molar-refractivity contribution in [2.45, 2.75) is 13.8 Å².